The van der Waals surface area contributed by atoms with Gasteiger partial charge in [0.15, 0.2) is 0 Å². The van der Waals surface area contributed by atoms with Crippen LogP contribution in [0.4, 0.5) is 8.78 Å². The van der Waals surface area contributed by atoms with Gasteiger partial charge in [0.1, 0.15) is 29.2 Å². The third-order valence-electron chi connectivity index (χ3n) is 3.20. The van der Waals surface area contributed by atoms with Gasteiger partial charge in [0.2, 0.25) is 0 Å². The van der Waals surface area contributed by atoms with E-state index in [-0.39, 0.29) is 11.1 Å². The molecule has 118 valence electrons. The van der Waals surface area contributed by atoms with Crippen LogP contribution < -0.4 is 11.1 Å². The second-order valence-corrected chi connectivity index (χ2v) is 5.66. The molecule has 3 N–H and O–H groups in total. The number of hydrogen-bond acceptors (Lipinski definition) is 4. The average Bonchev–Trinajstić information content (AvgIpc) is 2.87. The molecular formula is C15H17F2N3O2. The highest BCUT2D eigenvalue weighted by molar-refractivity contribution is 5.95. The normalized spacial score (nSPS) is 13.0. The molecule has 0 saturated carbocycles. The largest absolute Gasteiger partial charge is 0.364 e. The summed E-state index contributed by atoms with van der Waals surface area (Å²) in [6.07, 6.45) is 1.19. The number of nitrogens with one attached hydrogen (secondary N) is 1. The topological polar surface area (TPSA) is 81.2 Å². The van der Waals surface area contributed by atoms with Crippen molar-refractivity contribution >= 4 is 5.91 Å². The zero-order valence-corrected chi connectivity index (χ0v) is 12.5. The van der Waals surface area contributed by atoms with Crippen LogP contribution in [-0.4, -0.2) is 11.1 Å². The monoisotopic (exact) mass is 309 g/mol. The van der Waals surface area contributed by atoms with Crippen LogP contribution in [0.5, 0.6) is 0 Å². The SMILES string of the molecule is C[C@@H](NC(=O)c1conc1C(C)(C)N)c1ccc(F)cc1F. The van der Waals surface area contributed by atoms with Crippen LogP contribution in [0, 0.1) is 11.6 Å². The summed E-state index contributed by atoms with van der Waals surface area (Å²) < 4.78 is 31.4. The highest BCUT2D eigenvalue weighted by Gasteiger charge is 2.27. The van der Waals surface area contributed by atoms with Crippen molar-refractivity contribution in [3.63, 3.8) is 0 Å². The minimum absolute atomic E-state index is 0.180. The molecule has 1 aromatic carbocycles. The minimum Gasteiger partial charge on any atom is -0.364 e. The molecule has 2 rings (SSSR count). The number of nitrogens with zero attached hydrogens (tertiary/aromatic N) is 1. The van der Waals surface area contributed by atoms with E-state index in [2.05, 4.69) is 10.5 Å². The molecule has 0 unspecified atom stereocenters. The Morgan fingerprint density at radius 2 is 2.09 bits per heavy atom. The third kappa shape index (κ3) is 3.30. The standard InChI is InChI=1S/C15H17F2N3O2/c1-8(10-5-4-9(16)6-12(10)17)19-14(21)11-7-22-20-13(11)15(2,3)18/h4-8H,18H2,1-3H3,(H,19,21)/t8-/m1/s1. The molecule has 1 heterocycles. The Hall–Kier alpha value is -2.28. The van der Waals surface area contributed by atoms with Gasteiger partial charge in [0, 0.05) is 11.6 Å². The molecule has 5 nitrogen and oxygen atoms in total. The van der Waals surface area contributed by atoms with Gasteiger partial charge in [-0.1, -0.05) is 11.2 Å². The van der Waals surface area contributed by atoms with Crippen molar-refractivity contribution in [1.82, 2.24) is 10.5 Å². The van der Waals surface area contributed by atoms with Gasteiger partial charge in [0.25, 0.3) is 5.91 Å². The lowest BCUT2D eigenvalue weighted by Crippen LogP contribution is -2.34. The second-order valence-electron chi connectivity index (χ2n) is 5.66. The van der Waals surface area contributed by atoms with E-state index >= 15 is 0 Å². The first kappa shape index (κ1) is 16.1. The quantitative estimate of drug-likeness (QED) is 0.909. The van der Waals surface area contributed by atoms with E-state index in [1.54, 1.807) is 20.8 Å². The zero-order chi connectivity index (χ0) is 16.5. The fourth-order valence-electron chi connectivity index (χ4n) is 2.07. The lowest BCUT2D eigenvalue weighted by molar-refractivity contribution is 0.0936. The van der Waals surface area contributed by atoms with Crippen LogP contribution in [-0.2, 0) is 5.54 Å². The van der Waals surface area contributed by atoms with Gasteiger partial charge in [-0.3, -0.25) is 4.79 Å². The highest BCUT2D eigenvalue weighted by atomic mass is 19.1. The number of halogens is 2. The first-order chi connectivity index (χ1) is 10.2. The van der Waals surface area contributed by atoms with Crippen LogP contribution in [0.25, 0.3) is 0 Å². The first-order valence-electron chi connectivity index (χ1n) is 6.69. The van der Waals surface area contributed by atoms with Crippen molar-refractivity contribution < 1.29 is 18.1 Å². The fourth-order valence-corrected chi connectivity index (χ4v) is 2.07. The summed E-state index contributed by atoms with van der Waals surface area (Å²) in [7, 11) is 0. The van der Waals surface area contributed by atoms with Crippen LogP contribution in [0.3, 0.4) is 0 Å². The maximum absolute atomic E-state index is 13.7. The summed E-state index contributed by atoms with van der Waals surface area (Å²) in [5.74, 6) is -1.89. The van der Waals surface area contributed by atoms with Crippen LogP contribution in [0.15, 0.2) is 29.0 Å². The van der Waals surface area contributed by atoms with Crippen LogP contribution in [0.1, 0.15) is 48.4 Å². The summed E-state index contributed by atoms with van der Waals surface area (Å²) >= 11 is 0. The molecule has 1 atom stereocenters. The van der Waals surface area contributed by atoms with Crippen molar-refractivity contribution in [1.29, 1.82) is 0 Å². The highest BCUT2D eigenvalue weighted by Crippen LogP contribution is 2.22. The third-order valence-corrected chi connectivity index (χ3v) is 3.20. The minimum atomic E-state index is -0.857. The van der Waals surface area contributed by atoms with Crippen LogP contribution >= 0.6 is 0 Å². The number of benzene rings is 1. The molecule has 22 heavy (non-hydrogen) atoms. The molecule has 0 aliphatic carbocycles. The maximum atomic E-state index is 13.7. The molecule has 0 aliphatic rings. The molecule has 0 aliphatic heterocycles. The first-order valence-corrected chi connectivity index (χ1v) is 6.69. The van der Waals surface area contributed by atoms with Gasteiger partial charge < -0.3 is 15.6 Å². The van der Waals surface area contributed by atoms with Gasteiger partial charge in [-0.2, -0.15) is 0 Å². The number of amides is 1. The summed E-state index contributed by atoms with van der Waals surface area (Å²) in [6, 6.07) is 2.54. The number of hydrogen-bond donors (Lipinski definition) is 2. The summed E-state index contributed by atoms with van der Waals surface area (Å²) in [5.41, 5.74) is 5.73. The lowest BCUT2D eigenvalue weighted by atomic mass is 9.98. The van der Waals surface area contributed by atoms with Gasteiger partial charge >= 0.3 is 0 Å². The Labute approximate surface area is 126 Å². The molecule has 2 aromatic rings. The van der Waals surface area contributed by atoms with Crippen LogP contribution in [0.2, 0.25) is 0 Å². The number of nitrogens with two attached hydrogens (primary N) is 1. The predicted molar refractivity (Wildman–Crippen MR) is 76.0 cm³/mol. The van der Waals surface area contributed by atoms with Crippen molar-refractivity contribution in [3.8, 4) is 0 Å². The zero-order valence-electron chi connectivity index (χ0n) is 12.5. The van der Waals surface area contributed by atoms with E-state index in [4.69, 9.17) is 10.3 Å². The van der Waals surface area contributed by atoms with Gasteiger partial charge in [-0.25, -0.2) is 8.78 Å². The Morgan fingerprint density at radius 3 is 2.68 bits per heavy atom. The van der Waals surface area contributed by atoms with E-state index in [9.17, 15) is 13.6 Å². The Bertz CT molecular complexity index is 692. The van der Waals surface area contributed by atoms with E-state index in [0.29, 0.717) is 5.69 Å². The number of carbonyl (C=O) groups excluding carboxylic acids is 1. The van der Waals surface area contributed by atoms with Crippen molar-refractivity contribution in [2.75, 3.05) is 0 Å². The van der Waals surface area contributed by atoms with E-state index in [0.717, 1.165) is 12.1 Å². The Kier molecular flexibility index (Phi) is 4.27. The molecule has 0 bridgehead atoms. The van der Waals surface area contributed by atoms with E-state index in [1.165, 1.54) is 12.3 Å². The molecular weight excluding hydrogens is 292 g/mol. The molecule has 0 spiro atoms. The molecule has 0 fully saturated rings. The van der Waals surface area contributed by atoms with Crippen molar-refractivity contribution in [3.05, 3.63) is 52.9 Å². The van der Waals surface area contributed by atoms with E-state index < -0.39 is 29.1 Å². The number of carbonyl (C=O) groups is 1. The molecule has 1 aromatic heterocycles. The summed E-state index contributed by atoms with van der Waals surface area (Å²) in [6.45, 7) is 4.96. The number of aromatic nitrogens is 1. The van der Waals surface area contributed by atoms with Gasteiger partial charge in [-0.15, -0.1) is 0 Å². The second kappa shape index (κ2) is 5.84. The Morgan fingerprint density at radius 1 is 1.41 bits per heavy atom. The molecule has 0 saturated heterocycles. The molecule has 7 heteroatoms. The fraction of sp³-hybridized carbons (Fsp3) is 0.333. The average molecular weight is 309 g/mol. The maximum Gasteiger partial charge on any atom is 0.257 e. The van der Waals surface area contributed by atoms with Crippen molar-refractivity contribution in [2.24, 2.45) is 5.73 Å². The Balaban J connectivity index is 2.20. The van der Waals surface area contributed by atoms with Crippen molar-refractivity contribution in [2.45, 2.75) is 32.4 Å². The molecule has 0 radical (unpaired) electrons. The van der Waals surface area contributed by atoms with E-state index in [1.807, 2.05) is 0 Å². The summed E-state index contributed by atoms with van der Waals surface area (Å²) in [4.78, 5) is 12.3. The smallest absolute Gasteiger partial charge is 0.257 e. The van der Waals surface area contributed by atoms with Gasteiger partial charge in [-0.05, 0) is 26.8 Å². The predicted octanol–water partition coefficient (Wildman–Crippen LogP) is 2.64. The number of rotatable bonds is 4. The lowest BCUT2D eigenvalue weighted by Gasteiger charge is -2.18. The summed E-state index contributed by atoms with van der Waals surface area (Å²) in [5, 5.41) is 6.35. The molecule has 1 amide bonds. The van der Waals surface area contributed by atoms with Gasteiger partial charge in [0.05, 0.1) is 11.6 Å².